The molecule has 152 valence electrons. The average Bonchev–Trinajstić information content (AvgIpc) is 3.22. The van der Waals surface area contributed by atoms with Crippen molar-refractivity contribution < 1.29 is 18.7 Å². The lowest BCUT2D eigenvalue weighted by atomic mass is 9.94. The quantitative estimate of drug-likeness (QED) is 0.677. The number of amides is 1. The molecule has 2 aliphatic heterocycles. The summed E-state index contributed by atoms with van der Waals surface area (Å²) < 4.78 is 24.4. The first kappa shape index (κ1) is 18.5. The fraction of sp³-hybridized carbons (Fsp3) is 0.208. The molecule has 0 unspecified atom stereocenters. The minimum atomic E-state index is -0.332. The fourth-order valence-electron chi connectivity index (χ4n) is 4.10. The molecule has 0 radical (unpaired) electrons. The van der Waals surface area contributed by atoms with Crippen molar-refractivity contribution in [2.24, 2.45) is 5.92 Å². The van der Waals surface area contributed by atoms with Gasteiger partial charge in [-0.3, -0.25) is 9.69 Å². The first-order valence-electron chi connectivity index (χ1n) is 9.93. The van der Waals surface area contributed by atoms with Gasteiger partial charge in [-0.2, -0.15) is 0 Å². The van der Waals surface area contributed by atoms with Crippen LogP contribution in [-0.2, 0) is 6.42 Å². The first-order valence-corrected chi connectivity index (χ1v) is 9.93. The van der Waals surface area contributed by atoms with E-state index in [1.165, 1.54) is 12.1 Å². The van der Waals surface area contributed by atoms with Gasteiger partial charge in [0.25, 0.3) is 5.91 Å². The minimum absolute atomic E-state index is 0.0627. The molecule has 0 aliphatic carbocycles. The topological polar surface area (TPSA) is 50.8 Å². The molecular weight excluding hydrogens is 383 g/mol. The molecule has 5 nitrogen and oxygen atoms in total. The molecule has 6 heteroatoms. The van der Waals surface area contributed by atoms with Crippen LogP contribution in [0.3, 0.4) is 0 Å². The second-order valence-corrected chi connectivity index (χ2v) is 7.66. The Morgan fingerprint density at radius 3 is 2.67 bits per heavy atom. The molecule has 3 aromatic rings. The highest BCUT2D eigenvalue weighted by molar-refractivity contribution is 6.12. The number of hydrogen-bond donors (Lipinski definition) is 1. The van der Waals surface area contributed by atoms with Gasteiger partial charge in [-0.15, -0.1) is 0 Å². The van der Waals surface area contributed by atoms with Gasteiger partial charge < -0.3 is 14.8 Å². The van der Waals surface area contributed by atoms with Crippen LogP contribution in [0.25, 0.3) is 0 Å². The Labute approximate surface area is 174 Å². The van der Waals surface area contributed by atoms with Crippen molar-refractivity contribution in [3.05, 3.63) is 83.7 Å². The number of carbonyl (C=O) groups is 1. The Balaban J connectivity index is 1.48. The van der Waals surface area contributed by atoms with Crippen LogP contribution in [0.5, 0.6) is 11.5 Å². The van der Waals surface area contributed by atoms with E-state index in [-0.39, 0.29) is 30.6 Å². The SMILES string of the molecule is C[C@H](Cc1ccc2c(c1)OCO2)[C@H]1Nc2ccccc2C(=O)N1c1ccc(F)cc1. The summed E-state index contributed by atoms with van der Waals surface area (Å²) in [5.41, 5.74) is 3.17. The molecule has 3 aromatic carbocycles. The maximum absolute atomic E-state index is 13.5. The molecule has 2 aliphatic rings. The smallest absolute Gasteiger partial charge is 0.262 e. The number of anilines is 2. The lowest BCUT2D eigenvalue weighted by Gasteiger charge is -2.41. The van der Waals surface area contributed by atoms with Gasteiger partial charge in [-0.1, -0.05) is 25.1 Å². The number of hydrogen-bond acceptors (Lipinski definition) is 4. The maximum Gasteiger partial charge on any atom is 0.262 e. The average molecular weight is 404 g/mol. The summed E-state index contributed by atoms with van der Waals surface area (Å²) in [6.45, 7) is 2.34. The summed E-state index contributed by atoms with van der Waals surface area (Å²) in [6, 6.07) is 19.4. The van der Waals surface area contributed by atoms with Crippen molar-refractivity contribution in [3.8, 4) is 11.5 Å². The summed E-state index contributed by atoms with van der Waals surface area (Å²) in [5.74, 6) is 1.13. The third-order valence-corrected chi connectivity index (χ3v) is 5.60. The number of nitrogens with zero attached hydrogens (tertiary/aromatic N) is 1. The molecule has 0 spiro atoms. The molecule has 1 amide bonds. The van der Waals surface area contributed by atoms with E-state index in [0.717, 1.165) is 29.2 Å². The van der Waals surface area contributed by atoms with Gasteiger partial charge in [0.05, 0.1) is 5.56 Å². The van der Waals surface area contributed by atoms with E-state index in [9.17, 15) is 9.18 Å². The van der Waals surface area contributed by atoms with Crippen LogP contribution < -0.4 is 19.7 Å². The van der Waals surface area contributed by atoms with E-state index in [0.29, 0.717) is 11.3 Å². The molecule has 0 aromatic heterocycles. The van der Waals surface area contributed by atoms with Crippen molar-refractivity contribution in [3.63, 3.8) is 0 Å². The number of rotatable bonds is 4. The Morgan fingerprint density at radius 1 is 1.07 bits per heavy atom. The van der Waals surface area contributed by atoms with E-state index in [1.54, 1.807) is 23.1 Å². The van der Waals surface area contributed by atoms with Gasteiger partial charge in [-0.25, -0.2) is 4.39 Å². The highest BCUT2D eigenvalue weighted by Gasteiger charge is 2.36. The van der Waals surface area contributed by atoms with Crippen LogP contribution in [0.1, 0.15) is 22.8 Å². The predicted octanol–water partition coefficient (Wildman–Crippen LogP) is 4.83. The Kier molecular flexibility index (Phi) is 4.54. The molecule has 30 heavy (non-hydrogen) atoms. The standard InChI is InChI=1S/C24H21FN2O3/c1-15(12-16-6-11-21-22(13-16)30-14-29-21)23-26-20-5-3-2-4-19(20)24(28)27(23)18-9-7-17(25)8-10-18/h2-11,13,15,23,26H,12,14H2,1H3/t15-,23+/m1/s1. The number of benzene rings is 3. The number of carbonyl (C=O) groups excluding carboxylic acids is 1. The second-order valence-electron chi connectivity index (χ2n) is 7.66. The molecule has 0 saturated heterocycles. The highest BCUT2D eigenvalue weighted by Crippen LogP contribution is 2.36. The Bertz CT molecular complexity index is 1100. The monoisotopic (exact) mass is 404 g/mol. The Hall–Kier alpha value is -3.54. The molecule has 0 fully saturated rings. The van der Waals surface area contributed by atoms with Gasteiger partial charge in [-0.05, 0) is 66.4 Å². The van der Waals surface area contributed by atoms with Crippen LogP contribution >= 0.6 is 0 Å². The molecule has 0 bridgehead atoms. The zero-order chi connectivity index (χ0) is 20.7. The predicted molar refractivity (Wildman–Crippen MR) is 112 cm³/mol. The maximum atomic E-state index is 13.5. The number of fused-ring (bicyclic) bond motifs is 2. The largest absolute Gasteiger partial charge is 0.454 e. The molecular formula is C24H21FN2O3. The van der Waals surface area contributed by atoms with Crippen molar-refractivity contribution in [1.29, 1.82) is 0 Å². The molecule has 2 atom stereocenters. The van der Waals surface area contributed by atoms with Gasteiger partial charge in [0.1, 0.15) is 12.0 Å². The van der Waals surface area contributed by atoms with Gasteiger partial charge in [0.2, 0.25) is 6.79 Å². The van der Waals surface area contributed by atoms with Crippen molar-refractivity contribution in [2.45, 2.75) is 19.5 Å². The van der Waals surface area contributed by atoms with E-state index < -0.39 is 0 Å². The van der Waals surface area contributed by atoms with Crippen LogP contribution in [-0.4, -0.2) is 18.9 Å². The van der Waals surface area contributed by atoms with Crippen molar-refractivity contribution in [1.82, 2.24) is 0 Å². The van der Waals surface area contributed by atoms with Crippen LogP contribution in [0, 0.1) is 11.7 Å². The fourth-order valence-corrected chi connectivity index (χ4v) is 4.10. The summed E-state index contributed by atoms with van der Waals surface area (Å²) in [4.78, 5) is 15.1. The van der Waals surface area contributed by atoms with E-state index in [1.807, 2.05) is 36.4 Å². The third-order valence-electron chi connectivity index (χ3n) is 5.60. The van der Waals surface area contributed by atoms with E-state index in [4.69, 9.17) is 9.47 Å². The lowest BCUT2D eigenvalue weighted by molar-refractivity contribution is 0.0967. The zero-order valence-electron chi connectivity index (χ0n) is 16.5. The van der Waals surface area contributed by atoms with Crippen LogP contribution in [0.15, 0.2) is 66.7 Å². The summed E-state index contributed by atoms with van der Waals surface area (Å²) >= 11 is 0. The van der Waals surface area contributed by atoms with E-state index >= 15 is 0 Å². The van der Waals surface area contributed by atoms with Crippen molar-refractivity contribution in [2.75, 3.05) is 17.0 Å². The number of para-hydroxylation sites is 1. The zero-order valence-corrected chi connectivity index (χ0v) is 16.5. The second kappa shape index (κ2) is 7.37. The molecule has 2 heterocycles. The summed E-state index contributed by atoms with van der Waals surface area (Å²) in [7, 11) is 0. The first-order chi connectivity index (χ1) is 14.6. The number of ether oxygens (including phenoxy) is 2. The van der Waals surface area contributed by atoms with Gasteiger partial charge in [0.15, 0.2) is 11.5 Å². The normalized spacial score (nSPS) is 18.0. The number of halogens is 1. The van der Waals surface area contributed by atoms with Gasteiger partial charge >= 0.3 is 0 Å². The number of nitrogens with one attached hydrogen (secondary N) is 1. The molecule has 0 saturated carbocycles. The minimum Gasteiger partial charge on any atom is -0.454 e. The van der Waals surface area contributed by atoms with Crippen molar-refractivity contribution >= 4 is 17.3 Å². The van der Waals surface area contributed by atoms with Gasteiger partial charge in [0, 0.05) is 11.4 Å². The third kappa shape index (κ3) is 3.24. The Morgan fingerprint density at radius 2 is 1.83 bits per heavy atom. The van der Waals surface area contributed by atoms with E-state index in [2.05, 4.69) is 12.2 Å². The van der Waals surface area contributed by atoms with Crippen LogP contribution in [0.4, 0.5) is 15.8 Å². The lowest BCUT2D eigenvalue weighted by Crippen LogP contribution is -2.52. The van der Waals surface area contributed by atoms with Crippen LogP contribution in [0.2, 0.25) is 0 Å². The molecule has 1 N–H and O–H groups in total. The summed E-state index contributed by atoms with van der Waals surface area (Å²) in [6.07, 6.45) is 0.435. The highest BCUT2D eigenvalue weighted by atomic mass is 19.1. The molecule has 5 rings (SSSR count). The summed E-state index contributed by atoms with van der Waals surface area (Å²) in [5, 5.41) is 3.52.